The molecule has 1 unspecified atom stereocenters. The fourth-order valence-corrected chi connectivity index (χ4v) is 2.68. The van der Waals surface area contributed by atoms with E-state index in [1.165, 1.54) is 7.05 Å². The fraction of sp³-hybridized carbons (Fsp3) is 0.692. The van der Waals surface area contributed by atoms with Crippen molar-refractivity contribution in [2.75, 3.05) is 13.6 Å². The Morgan fingerprint density at radius 2 is 2.19 bits per heavy atom. The van der Waals surface area contributed by atoms with Crippen LogP contribution < -0.4 is 10.6 Å². The summed E-state index contributed by atoms with van der Waals surface area (Å²) in [6.07, 6.45) is -2.59. The van der Waals surface area contributed by atoms with Crippen LogP contribution in [0.2, 0.25) is 0 Å². The van der Waals surface area contributed by atoms with Crippen LogP contribution in [0.25, 0.3) is 0 Å². The summed E-state index contributed by atoms with van der Waals surface area (Å²) in [5, 5.41) is 9.32. The molecular formula is C13H19F3N4O. The number of aromatic nitrogens is 2. The highest BCUT2D eigenvalue weighted by atomic mass is 19.4. The standard InChI is InChI=1S/C13H19F3N4O/c1-3-20-10-5-4-8(18-7-13(14,15)16)6-9(10)11(19-20)12(21)17-2/h8,18H,3-7H2,1-2H3,(H,17,21). The van der Waals surface area contributed by atoms with Crippen molar-refractivity contribution in [1.29, 1.82) is 0 Å². The summed E-state index contributed by atoms with van der Waals surface area (Å²) in [5.41, 5.74) is 2.05. The number of aryl methyl sites for hydroxylation is 1. The van der Waals surface area contributed by atoms with Gasteiger partial charge in [-0.15, -0.1) is 0 Å². The Labute approximate surface area is 120 Å². The second-order valence-electron chi connectivity index (χ2n) is 5.10. The largest absolute Gasteiger partial charge is 0.401 e. The molecule has 2 rings (SSSR count). The molecule has 1 atom stereocenters. The lowest BCUT2D eigenvalue weighted by Gasteiger charge is -2.25. The lowest BCUT2D eigenvalue weighted by Crippen LogP contribution is -2.40. The molecule has 21 heavy (non-hydrogen) atoms. The number of hydrogen-bond acceptors (Lipinski definition) is 3. The number of carbonyl (C=O) groups is 1. The first-order chi connectivity index (χ1) is 9.85. The Balaban J connectivity index is 2.18. The molecule has 118 valence electrons. The van der Waals surface area contributed by atoms with Gasteiger partial charge in [-0.05, 0) is 26.2 Å². The molecule has 1 aromatic rings. The van der Waals surface area contributed by atoms with Gasteiger partial charge in [-0.1, -0.05) is 0 Å². The van der Waals surface area contributed by atoms with E-state index in [9.17, 15) is 18.0 Å². The molecule has 1 amide bonds. The zero-order chi connectivity index (χ0) is 15.6. The van der Waals surface area contributed by atoms with Gasteiger partial charge in [-0.25, -0.2) is 0 Å². The third-order valence-corrected chi connectivity index (χ3v) is 3.68. The summed E-state index contributed by atoms with van der Waals surface area (Å²) >= 11 is 0. The summed E-state index contributed by atoms with van der Waals surface area (Å²) in [5.74, 6) is -0.296. The molecule has 0 bridgehead atoms. The van der Waals surface area contributed by atoms with Gasteiger partial charge in [0.2, 0.25) is 0 Å². The Morgan fingerprint density at radius 1 is 1.48 bits per heavy atom. The van der Waals surface area contributed by atoms with Crippen molar-refractivity contribution in [3.8, 4) is 0 Å². The van der Waals surface area contributed by atoms with E-state index < -0.39 is 12.7 Å². The Morgan fingerprint density at radius 3 is 2.76 bits per heavy atom. The van der Waals surface area contributed by atoms with Crippen LogP contribution in [0.1, 0.15) is 35.1 Å². The minimum absolute atomic E-state index is 0.281. The Bertz CT molecular complexity index is 524. The maximum Gasteiger partial charge on any atom is 0.401 e. The van der Waals surface area contributed by atoms with E-state index in [-0.39, 0.29) is 11.9 Å². The van der Waals surface area contributed by atoms with Gasteiger partial charge >= 0.3 is 6.18 Å². The van der Waals surface area contributed by atoms with E-state index in [4.69, 9.17) is 0 Å². The minimum atomic E-state index is -4.22. The van der Waals surface area contributed by atoms with Crippen molar-refractivity contribution >= 4 is 5.91 Å². The number of rotatable bonds is 4. The predicted molar refractivity (Wildman–Crippen MR) is 71.2 cm³/mol. The number of alkyl halides is 3. The van der Waals surface area contributed by atoms with Crippen molar-refractivity contribution in [3.05, 3.63) is 17.0 Å². The van der Waals surface area contributed by atoms with Gasteiger partial charge in [0.05, 0.1) is 6.54 Å². The number of halogens is 3. The first-order valence-corrected chi connectivity index (χ1v) is 6.96. The van der Waals surface area contributed by atoms with Gasteiger partial charge in [0.25, 0.3) is 5.91 Å². The number of fused-ring (bicyclic) bond motifs is 1. The van der Waals surface area contributed by atoms with Gasteiger partial charge < -0.3 is 10.6 Å². The molecule has 0 aliphatic heterocycles. The quantitative estimate of drug-likeness (QED) is 0.881. The van der Waals surface area contributed by atoms with Gasteiger partial charge in [-0.3, -0.25) is 9.48 Å². The highest BCUT2D eigenvalue weighted by Crippen LogP contribution is 2.25. The SMILES string of the molecule is CCn1nc(C(=O)NC)c2c1CCC(NCC(F)(F)F)C2. The molecule has 5 nitrogen and oxygen atoms in total. The van der Waals surface area contributed by atoms with Crippen LogP contribution in [0.3, 0.4) is 0 Å². The van der Waals surface area contributed by atoms with Crippen molar-refractivity contribution < 1.29 is 18.0 Å². The molecular weight excluding hydrogens is 285 g/mol. The number of nitrogens with one attached hydrogen (secondary N) is 2. The minimum Gasteiger partial charge on any atom is -0.354 e. The van der Waals surface area contributed by atoms with Crippen molar-refractivity contribution in [1.82, 2.24) is 20.4 Å². The summed E-state index contributed by atoms with van der Waals surface area (Å²) in [4.78, 5) is 11.9. The molecule has 1 aliphatic rings. The summed E-state index contributed by atoms with van der Waals surface area (Å²) in [6.45, 7) is 1.55. The van der Waals surface area contributed by atoms with Crippen molar-refractivity contribution in [2.24, 2.45) is 0 Å². The number of amides is 1. The second-order valence-corrected chi connectivity index (χ2v) is 5.10. The molecule has 0 aromatic carbocycles. The van der Waals surface area contributed by atoms with Crippen molar-refractivity contribution in [3.63, 3.8) is 0 Å². The molecule has 0 fully saturated rings. The molecule has 1 aliphatic carbocycles. The first-order valence-electron chi connectivity index (χ1n) is 6.96. The molecule has 1 aromatic heterocycles. The van der Waals surface area contributed by atoms with Crippen LogP contribution >= 0.6 is 0 Å². The van der Waals surface area contributed by atoms with Crippen LogP contribution in [0.5, 0.6) is 0 Å². The zero-order valence-electron chi connectivity index (χ0n) is 12.0. The number of nitrogens with zero attached hydrogens (tertiary/aromatic N) is 2. The number of carbonyl (C=O) groups excluding carboxylic acids is 1. The van der Waals surface area contributed by atoms with E-state index in [2.05, 4.69) is 15.7 Å². The lowest BCUT2D eigenvalue weighted by atomic mass is 9.91. The maximum absolute atomic E-state index is 12.3. The molecule has 0 spiro atoms. The Kier molecular flexibility index (Phi) is 4.55. The van der Waals surface area contributed by atoms with Crippen LogP contribution in [-0.2, 0) is 19.4 Å². The van der Waals surface area contributed by atoms with Crippen LogP contribution in [-0.4, -0.2) is 41.5 Å². The van der Waals surface area contributed by atoms with E-state index in [0.717, 1.165) is 11.3 Å². The number of hydrogen-bond donors (Lipinski definition) is 2. The van der Waals surface area contributed by atoms with E-state index in [1.54, 1.807) is 4.68 Å². The zero-order valence-corrected chi connectivity index (χ0v) is 12.0. The monoisotopic (exact) mass is 304 g/mol. The highest BCUT2D eigenvalue weighted by Gasteiger charge is 2.32. The smallest absolute Gasteiger partial charge is 0.354 e. The van der Waals surface area contributed by atoms with Gasteiger partial charge in [0.15, 0.2) is 5.69 Å². The topological polar surface area (TPSA) is 59.0 Å². The second kappa shape index (κ2) is 6.05. The van der Waals surface area contributed by atoms with Crippen molar-refractivity contribution in [2.45, 2.75) is 44.9 Å². The fourth-order valence-electron chi connectivity index (χ4n) is 2.68. The average molecular weight is 304 g/mol. The Hall–Kier alpha value is -1.57. The lowest BCUT2D eigenvalue weighted by molar-refractivity contribution is -0.126. The molecule has 2 N–H and O–H groups in total. The predicted octanol–water partition coefficient (Wildman–Crippen LogP) is 1.27. The van der Waals surface area contributed by atoms with E-state index in [1.807, 2.05) is 6.92 Å². The molecule has 0 saturated carbocycles. The molecule has 0 saturated heterocycles. The molecule has 1 heterocycles. The van der Waals surface area contributed by atoms with Gasteiger partial charge in [0, 0.05) is 30.9 Å². The maximum atomic E-state index is 12.3. The summed E-state index contributed by atoms with van der Waals surface area (Å²) in [6, 6.07) is -0.281. The molecule has 0 radical (unpaired) electrons. The third-order valence-electron chi connectivity index (χ3n) is 3.68. The van der Waals surface area contributed by atoms with Crippen LogP contribution in [0.4, 0.5) is 13.2 Å². The first kappa shape index (κ1) is 15.8. The normalized spacial score (nSPS) is 18.4. The molecule has 8 heteroatoms. The average Bonchev–Trinajstić information content (AvgIpc) is 2.81. The van der Waals surface area contributed by atoms with Gasteiger partial charge in [0.1, 0.15) is 0 Å². The van der Waals surface area contributed by atoms with E-state index in [0.29, 0.717) is 31.5 Å². The van der Waals surface area contributed by atoms with E-state index >= 15 is 0 Å². The summed E-state index contributed by atoms with van der Waals surface area (Å²) < 4.78 is 38.6. The van der Waals surface area contributed by atoms with Crippen LogP contribution in [0.15, 0.2) is 0 Å². The van der Waals surface area contributed by atoms with Gasteiger partial charge in [-0.2, -0.15) is 18.3 Å². The van der Waals surface area contributed by atoms with Crippen LogP contribution in [0, 0.1) is 0 Å². The summed E-state index contributed by atoms with van der Waals surface area (Å²) in [7, 11) is 1.52. The third kappa shape index (κ3) is 3.55. The highest BCUT2D eigenvalue weighted by molar-refractivity contribution is 5.93.